The Labute approximate surface area is 152 Å². The first-order chi connectivity index (χ1) is 12.8. The Balaban J connectivity index is 1.59. The molecule has 1 aromatic carbocycles. The van der Waals surface area contributed by atoms with Gasteiger partial charge in [-0.3, -0.25) is 4.79 Å². The number of aromatic nitrogens is 4. The molecule has 0 saturated heterocycles. The van der Waals surface area contributed by atoms with Crippen molar-refractivity contribution >= 4 is 11.7 Å². The van der Waals surface area contributed by atoms with Crippen molar-refractivity contribution in [3.05, 3.63) is 60.7 Å². The van der Waals surface area contributed by atoms with E-state index in [1.807, 2.05) is 35.4 Å². The number of rotatable bonds is 5. The molecule has 1 aliphatic heterocycles. The highest BCUT2D eigenvalue weighted by Crippen LogP contribution is 2.23. The van der Waals surface area contributed by atoms with Crippen LogP contribution in [0.25, 0.3) is 16.9 Å². The molecule has 1 atom stereocenters. The van der Waals surface area contributed by atoms with Crippen molar-refractivity contribution in [3.63, 3.8) is 0 Å². The molecule has 2 aromatic heterocycles. The van der Waals surface area contributed by atoms with Gasteiger partial charge in [0.05, 0.1) is 6.04 Å². The van der Waals surface area contributed by atoms with E-state index in [4.69, 9.17) is 0 Å². The van der Waals surface area contributed by atoms with Crippen LogP contribution in [0.2, 0.25) is 0 Å². The smallest absolute Gasteiger partial charge is 0.254 e. The quantitative estimate of drug-likeness (QED) is 0.664. The van der Waals surface area contributed by atoms with Crippen molar-refractivity contribution in [1.82, 2.24) is 24.5 Å². The molecule has 0 saturated carbocycles. The fourth-order valence-electron chi connectivity index (χ4n) is 3.34. The minimum Gasteiger partial charge on any atom is -0.328 e. The van der Waals surface area contributed by atoms with Crippen LogP contribution in [-0.4, -0.2) is 43.0 Å². The van der Waals surface area contributed by atoms with E-state index in [9.17, 15) is 4.79 Å². The summed E-state index contributed by atoms with van der Waals surface area (Å²) in [5.41, 5.74) is 2.55. The van der Waals surface area contributed by atoms with Crippen molar-refractivity contribution < 1.29 is 4.79 Å². The number of unbranched alkanes of at least 4 members (excludes halogenated alkanes) is 1. The van der Waals surface area contributed by atoms with Gasteiger partial charge in [-0.25, -0.2) is 9.50 Å². The van der Waals surface area contributed by atoms with E-state index in [-0.39, 0.29) is 11.9 Å². The van der Waals surface area contributed by atoms with Crippen LogP contribution in [0.3, 0.4) is 0 Å². The third-order valence-corrected chi connectivity index (χ3v) is 4.75. The largest absolute Gasteiger partial charge is 0.328 e. The molecule has 3 heterocycles. The van der Waals surface area contributed by atoms with Crippen LogP contribution in [-0.2, 0) is 0 Å². The zero-order valence-corrected chi connectivity index (χ0v) is 14.7. The number of fused-ring (bicyclic) bond motifs is 1. The van der Waals surface area contributed by atoms with Gasteiger partial charge in [-0.2, -0.15) is 10.1 Å². The number of carbonyl (C=O) groups excluding carboxylic acids is 1. The Bertz CT molecular complexity index is 961. The van der Waals surface area contributed by atoms with Crippen molar-refractivity contribution in [2.24, 2.45) is 0 Å². The maximum absolute atomic E-state index is 13.0. The number of nitrogens with zero attached hydrogens (tertiary/aromatic N) is 5. The third-order valence-electron chi connectivity index (χ3n) is 4.75. The van der Waals surface area contributed by atoms with Crippen molar-refractivity contribution in [3.8, 4) is 11.1 Å². The van der Waals surface area contributed by atoms with Crippen LogP contribution in [0.1, 0.15) is 36.5 Å². The second-order valence-corrected chi connectivity index (χ2v) is 6.52. The Morgan fingerprint density at radius 1 is 1.27 bits per heavy atom. The maximum atomic E-state index is 13.0. The van der Waals surface area contributed by atoms with Gasteiger partial charge in [0.2, 0.25) is 0 Å². The van der Waals surface area contributed by atoms with Gasteiger partial charge in [-0.15, -0.1) is 0 Å². The molecule has 6 nitrogen and oxygen atoms in total. The van der Waals surface area contributed by atoms with E-state index in [0.29, 0.717) is 17.9 Å². The SMILES string of the molecule is CCCC[C@@H]1C=CCN1C(=O)c1cccc(-c2cnc3ncnn3c2)c1. The van der Waals surface area contributed by atoms with Crippen LogP contribution in [0.15, 0.2) is 55.1 Å². The molecule has 1 amide bonds. The van der Waals surface area contributed by atoms with Gasteiger partial charge in [0.25, 0.3) is 11.7 Å². The number of benzene rings is 1. The highest BCUT2D eigenvalue weighted by Gasteiger charge is 2.25. The molecule has 4 rings (SSSR count). The molecule has 0 fully saturated rings. The first-order valence-corrected chi connectivity index (χ1v) is 8.99. The monoisotopic (exact) mass is 347 g/mol. The highest BCUT2D eigenvalue weighted by atomic mass is 16.2. The van der Waals surface area contributed by atoms with E-state index >= 15 is 0 Å². The lowest BCUT2D eigenvalue weighted by atomic mass is 10.0. The lowest BCUT2D eigenvalue weighted by molar-refractivity contribution is 0.0743. The van der Waals surface area contributed by atoms with E-state index in [1.165, 1.54) is 6.33 Å². The summed E-state index contributed by atoms with van der Waals surface area (Å²) in [6.07, 6.45) is 12.6. The highest BCUT2D eigenvalue weighted by molar-refractivity contribution is 5.96. The molecule has 0 aliphatic carbocycles. The van der Waals surface area contributed by atoms with E-state index in [2.05, 4.69) is 34.1 Å². The summed E-state index contributed by atoms with van der Waals surface area (Å²) in [6, 6.07) is 7.91. The molecule has 26 heavy (non-hydrogen) atoms. The molecule has 0 spiro atoms. The first kappa shape index (κ1) is 16.4. The average molecular weight is 347 g/mol. The second kappa shape index (κ2) is 7.07. The molecule has 0 radical (unpaired) electrons. The summed E-state index contributed by atoms with van der Waals surface area (Å²) < 4.78 is 1.63. The molecular weight excluding hydrogens is 326 g/mol. The molecule has 0 bridgehead atoms. The summed E-state index contributed by atoms with van der Waals surface area (Å²) in [5, 5.41) is 4.12. The second-order valence-electron chi connectivity index (χ2n) is 6.52. The predicted molar refractivity (Wildman–Crippen MR) is 99.7 cm³/mol. The molecule has 1 aliphatic rings. The van der Waals surface area contributed by atoms with Crippen LogP contribution in [0.4, 0.5) is 0 Å². The topological polar surface area (TPSA) is 63.4 Å². The average Bonchev–Trinajstić information content (AvgIpc) is 3.34. The molecular formula is C20H21N5O. The Kier molecular flexibility index (Phi) is 4.48. The normalized spacial score (nSPS) is 16.5. The Hall–Kier alpha value is -3.02. The van der Waals surface area contributed by atoms with Crippen LogP contribution in [0, 0.1) is 0 Å². The van der Waals surface area contributed by atoms with Crippen molar-refractivity contribution in [2.75, 3.05) is 6.54 Å². The van der Waals surface area contributed by atoms with E-state index < -0.39 is 0 Å². The first-order valence-electron chi connectivity index (χ1n) is 8.99. The zero-order valence-electron chi connectivity index (χ0n) is 14.7. The van der Waals surface area contributed by atoms with Gasteiger partial charge in [-0.05, 0) is 24.1 Å². The molecule has 0 unspecified atom stereocenters. The standard InChI is InChI=1S/C20H21N5O/c1-2-3-8-18-9-5-10-24(18)19(26)16-7-4-6-15(11-16)17-12-21-20-22-14-23-25(20)13-17/h4-7,9,11-14,18H,2-3,8,10H2,1H3/t18-/m1/s1. The minimum atomic E-state index is 0.0766. The van der Waals surface area contributed by atoms with Crippen LogP contribution in [0.5, 0.6) is 0 Å². The van der Waals surface area contributed by atoms with Crippen LogP contribution >= 0.6 is 0 Å². The lowest BCUT2D eigenvalue weighted by Gasteiger charge is -2.25. The molecule has 0 N–H and O–H groups in total. The predicted octanol–water partition coefficient (Wildman–Crippen LogP) is 3.36. The lowest BCUT2D eigenvalue weighted by Crippen LogP contribution is -2.36. The van der Waals surface area contributed by atoms with Gasteiger partial charge in [0, 0.05) is 30.1 Å². The maximum Gasteiger partial charge on any atom is 0.254 e. The summed E-state index contributed by atoms with van der Waals surface area (Å²) in [7, 11) is 0. The van der Waals surface area contributed by atoms with Gasteiger partial charge in [-0.1, -0.05) is 44.1 Å². The number of amides is 1. The van der Waals surface area contributed by atoms with Gasteiger partial charge < -0.3 is 4.90 Å². The fraction of sp³-hybridized carbons (Fsp3) is 0.300. The third kappa shape index (κ3) is 3.10. The summed E-state index contributed by atoms with van der Waals surface area (Å²) in [5.74, 6) is 0.635. The molecule has 3 aromatic rings. The number of hydrogen-bond donors (Lipinski definition) is 0. The molecule has 132 valence electrons. The van der Waals surface area contributed by atoms with Gasteiger partial charge in [0.15, 0.2) is 0 Å². The van der Waals surface area contributed by atoms with Crippen molar-refractivity contribution in [2.45, 2.75) is 32.2 Å². The summed E-state index contributed by atoms with van der Waals surface area (Å²) in [6.45, 7) is 2.86. The minimum absolute atomic E-state index is 0.0766. The summed E-state index contributed by atoms with van der Waals surface area (Å²) >= 11 is 0. The summed E-state index contributed by atoms with van der Waals surface area (Å²) in [4.78, 5) is 23.3. The zero-order chi connectivity index (χ0) is 17.9. The Morgan fingerprint density at radius 3 is 3.08 bits per heavy atom. The number of carbonyl (C=O) groups is 1. The van der Waals surface area contributed by atoms with Crippen molar-refractivity contribution in [1.29, 1.82) is 0 Å². The Morgan fingerprint density at radius 2 is 2.19 bits per heavy atom. The number of hydrogen-bond acceptors (Lipinski definition) is 4. The van der Waals surface area contributed by atoms with Gasteiger partial charge in [0.1, 0.15) is 6.33 Å². The van der Waals surface area contributed by atoms with E-state index in [1.54, 1.807) is 10.7 Å². The molecule has 6 heteroatoms. The van der Waals surface area contributed by atoms with Crippen LogP contribution < -0.4 is 0 Å². The van der Waals surface area contributed by atoms with E-state index in [0.717, 1.165) is 30.4 Å². The van der Waals surface area contributed by atoms with Gasteiger partial charge >= 0.3 is 0 Å². The fourth-order valence-corrected chi connectivity index (χ4v) is 3.34.